The van der Waals surface area contributed by atoms with E-state index < -0.39 is 0 Å². The van der Waals surface area contributed by atoms with E-state index in [4.69, 9.17) is 0 Å². The number of hydrogen-bond donors (Lipinski definition) is 1. The lowest BCUT2D eigenvalue weighted by Crippen LogP contribution is -2.08. The van der Waals surface area contributed by atoms with Crippen molar-refractivity contribution in [3.05, 3.63) is 28.0 Å². The minimum Gasteiger partial charge on any atom is -0.351 e. The van der Waals surface area contributed by atoms with Crippen LogP contribution in [0.25, 0.3) is 0 Å². The second-order valence-corrected chi connectivity index (χ2v) is 5.36. The molecule has 0 saturated carbocycles. The molecule has 2 aromatic rings. The molecule has 0 saturated heterocycles. The van der Waals surface area contributed by atoms with Gasteiger partial charge in [-0.15, -0.1) is 11.3 Å². The van der Waals surface area contributed by atoms with Gasteiger partial charge >= 0.3 is 0 Å². The molecule has 0 spiro atoms. The van der Waals surface area contributed by atoms with Crippen LogP contribution in [0.4, 0.5) is 5.95 Å². The summed E-state index contributed by atoms with van der Waals surface area (Å²) in [6.45, 7) is 9.16. The number of aromatic nitrogens is 3. The third kappa shape index (κ3) is 2.66. The van der Waals surface area contributed by atoms with E-state index in [0.717, 1.165) is 23.9 Å². The predicted molar refractivity (Wildman–Crippen MR) is 71.5 cm³/mol. The summed E-state index contributed by atoms with van der Waals surface area (Å²) in [5, 5.41) is 3.38. The molecular formula is C12H18N4S. The maximum atomic E-state index is 4.50. The van der Waals surface area contributed by atoms with E-state index in [2.05, 4.69) is 39.9 Å². The van der Waals surface area contributed by atoms with Crippen LogP contribution in [0, 0.1) is 13.8 Å². The highest BCUT2D eigenvalue weighted by molar-refractivity contribution is 7.09. The standard InChI is InChI=1S/C12H18N4S/c1-8(2)16-6-9(3)15-12(16)13-5-11-10(4)14-7-17-11/h6-8H,5H2,1-4H3,(H,13,15). The Kier molecular flexibility index (Phi) is 3.47. The maximum absolute atomic E-state index is 4.50. The fraction of sp³-hybridized carbons (Fsp3) is 0.500. The molecule has 0 aliphatic carbocycles. The Balaban J connectivity index is 2.11. The van der Waals surface area contributed by atoms with Gasteiger partial charge in [0.25, 0.3) is 0 Å². The lowest BCUT2D eigenvalue weighted by atomic mass is 10.4. The molecule has 0 amide bonds. The number of rotatable bonds is 4. The zero-order chi connectivity index (χ0) is 12.4. The second kappa shape index (κ2) is 4.87. The van der Waals surface area contributed by atoms with Gasteiger partial charge in [0.2, 0.25) is 5.95 Å². The molecule has 0 radical (unpaired) electrons. The summed E-state index contributed by atoms with van der Waals surface area (Å²) in [4.78, 5) is 10.0. The van der Waals surface area contributed by atoms with E-state index in [1.165, 1.54) is 4.88 Å². The number of aryl methyl sites for hydroxylation is 2. The zero-order valence-electron chi connectivity index (χ0n) is 10.7. The van der Waals surface area contributed by atoms with Gasteiger partial charge in [-0.2, -0.15) is 0 Å². The van der Waals surface area contributed by atoms with Gasteiger partial charge in [0.05, 0.1) is 23.4 Å². The Morgan fingerprint density at radius 2 is 2.18 bits per heavy atom. The first-order chi connectivity index (χ1) is 8.08. The van der Waals surface area contributed by atoms with Crippen LogP contribution in [0.5, 0.6) is 0 Å². The van der Waals surface area contributed by atoms with Crippen LogP contribution < -0.4 is 5.32 Å². The number of anilines is 1. The van der Waals surface area contributed by atoms with Crippen molar-refractivity contribution in [2.24, 2.45) is 0 Å². The normalized spacial score (nSPS) is 11.1. The minimum absolute atomic E-state index is 0.418. The molecule has 0 bridgehead atoms. The molecule has 0 atom stereocenters. The molecule has 0 fully saturated rings. The van der Waals surface area contributed by atoms with Crippen molar-refractivity contribution in [1.82, 2.24) is 14.5 Å². The van der Waals surface area contributed by atoms with E-state index in [9.17, 15) is 0 Å². The van der Waals surface area contributed by atoms with Gasteiger partial charge in [-0.3, -0.25) is 0 Å². The van der Waals surface area contributed by atoms with Crippen LogP contribution in [0.3, 0.4) is 0 Å². The molecule has 0 aromatic carbocycles. The fourth-order valence-electron chi connectivity index (χ4n) is 1.70. The van der Waals surface area contributed by atoms with Crippen LogP contribution in [0.1, 0.15) is 36.2 Å². The highest BCUT2D eigenvalue weighted by Gasteiger charge is 2.09. The molecule has 5 heteroatoms. The van der Waals surface area contributed by atoms with Crippen molar-refractivity contribution in [2.75, 3.05) is 5.32 Å². The first-order valence-electron chi connectivity index (χ1n) is 5.76. The molecule has 2 rings (SSSR count). The predicted octanol–water partition coefficient (Wildman–Crippen LogP) is 3.15. The fourth-order valence-corrected chi connectivity index (χ4v) is 2.41. The van der Waals surface area contributed by atoms with Crippen molar-refractivity contribution >= 4 is 17.3 Å². The molecular weight excluding hydrogens is 232 g/mol. The van der Waals surface area contributed by atoms with Crippen LogP contribution in [0.2, 0.25) is 0 Å². The van der Waals surface area contributed by atoms with Gasteiger partial charge in [0.15, 0.2) is 0 Å². The second-order valence-electron chi connectivity index (χ2n) is 4.42. The Morgan fingerprint density at radius 1 is 1.41 bits per heavy atom. The topological polar surface area (TPSA) is 42.7 Å². The molecule has 1 N–H and O–H groups in total. The molecule has 0 aliphatic heterocycles. The summed E-state index contributed by atoms with van der Waals surface area (Å²) >= 11 is 1.68. The quantitative estimate of drug-likeness (QED) is 0.906. The van der Waals surface area contributed by atoms with Crippen molar-refractivity contribution in [3.8, 4) is 0 Å². The van der Waals surface area contributed by atoms with Crippen LogP contribution in [-0.4, -0.2) is 14.5 Å². The van der Waals surface area contributed by atoms with Crippen molar-refractivity contribution in [3.63, 3.8) is 0 Å². The van der Waals surface area contributed by atoms with E-state index in [1.54, 1.807) is 11.3 Å². The van der Waals surface area contributed by atoms with Crippen LogP contribution in [0.15, 0.2) is 11.7 Å². The molecule has 2 heterocycles. The van der Waals surface area contributed by atoms with Gasteiger partial charge in [-0.1, -0.05) is 0 Å². The average molecular weight is 250 g/mol. The van der Waals surface area contributed by atoms with Gasteiger partial charge in [0, 0.05) is 17.1 Å². The summed E-state index contributed by atoms with van der Waals surface area (Å²) in [5.41, 5.74) is 4.02. The summed E-state index contributed by atoms with van der Waals surface area (Å²) in [6.07, 6.45) is 2.08. The van der Waals surface area contributed by atoms with Crippen molar-refractivity contribution in [2.45, 2.75) is 40.3 Å². The Hall–Kier alpha value is -1.36. The largest absolute Gasteiger partial charge is 0.351 e. The number of imidazole rings is 1. The number of nitrogens with zero attached hydrogens (tertiary/aromatic N) is 3. The molecule has 4 nitrogen and oxygen atoms in total. The number of thiazole rings is 1. The van der Waals surface area contributed by atoms with Gasteiger partial charge in [0.1, 0.15) is 0 Å². The SMILES string of the molecule is Cc1cn(C(C)C)c(NCc2scnc2C)n1. The van der Waals surface area contributed by atoms with Gasteiger partial charge in [-0.25, -0.2) is 9.97 Å². The Labute approximate surface area is 106 Å². The van der Waals surface area contributed by atoms with Crippen LogP contribution in [-0.2, 0) is 6.54 Å². The number of nitrogens with one attached hydrogen (secondary N) is 1. The number of hydrogen-bond acceptors (Lipinski definition) is 4. The lowest BCUT2D eigenvalue weighted by molar-refractivity contribution is 0.604. The van der Waals surface area contributed by atoms with Gasteiger partial charge < -0.3 is 9.88 Å². The Bertz CT molecular complexity index is 498. The average Bonchev–Trinajstić information content (AvgIpc) is 2.82. The van der Waals surface area contributed by atoms with E-state index in [0.29, 0.717) is 6.04 Å². The summed E-state index contributed by atoms with van der Waals surface area (Å²) < 4.78 is 2.16. The maximum Gasteiger partial charge on any atom is 0.203 e. The molecule has 0 aliphatic rings. The molecule has 17 heavy (non-hydrogen) atoms. The monoisotopic (exact) mass is 250 g/mol. The smallest absolute Gasteiger partial charge is 0.203 e. The highest BCUT2D eigenvalue weighted by atomic mass is 32.1. The molecule has 92 valence electrons. The first-order valence-corrected chi connectivity index (χ1v) is 6.64. The highest BCUT2D eigenvalue weighted by Crippen LogP contribution is 2.18. The lowest BCUT2D eigenvalue weighted by Gasteiger charge is -2.12. The van der Waals surface area contributed by atoms with Crippen molar-refractivity contribution < 1.29 is 0 Å². The summed E-state index contributed by atoms with van der Waals surface area (Å²) in [5.74, 6) is 0.935. The third-order valence-electron chi connectivity index (χ3n) is 2.66. The van der Waals surface area contributed by atoms with E-state index >= 15 is 0 Å². The third-order valence-corrected chi connectivity index (χ3v) is 3.60. The Morgan fingerprint density at radius 3 is 2.76 bits per heavy atom. The first kappa shape index (κ1) is 12.1. The van der Waals surface area contributed by atoms with Crippen LogP contribution >= 0.6 is 11.3 Å². The molecule has 2 aromatic heterocycles. The van der Waals surface area contributed by atoms with Gasteiger partial charge in [-0.05, 0) is 27.7 Å². The van der Waals surface area contributed by atoms with E-state index in [1.807, 2.05) is 19.4 Å². The van der Waals surface area contributed by atoms with Crippen molar-refractivity contribution in [1.29, 1.82) is 0 Å². The minimum atomic E-state index is 0.418. The van der Waals surface area contributed by atoms with E-state index in [-0.39, 0.29) is 0 Å². The summed E-state index contributed by atoms with van der Waals surface area (Å²) in [7, 11) is 0. The summed E-state index contributed by atoms with van der Waals surface area (Å²) in [6, 6.07) is 0.418. The zero-order valence-corrected chi connectivity index (χ0v) is 11.5. The molecule has 0 unspecified atom stereocenters.